The molecule has 0 spiro atoms. The number of alkyl halides is 4. The van der Waals surface area contributed by atoms with Crippen LogP contribution in [0.5, 0.6) is 5.75 Å². The van der Waals surface area contributed by atoms with Gasteiger partial charge in [-0.25, -0.2) is 4.39 Å². The lowest BCUT2D eigenvalue weighted by molar-refractivity contribution is -0.137. The molecule has 1 atom stereocenters. The molecule has 2 aromatic carbocycles. The maximum absolute atomic E-state index is 14.0. The van der Waals surface area contributed by atoms with Crippen molar-refractivity contribution in [3.05, 3.63) is 59.7 Å². The zero-order valence-corrected chi connectivity index (χ0v) is 13.5. The number of thioether (sulfide) groups is 1. The van der Waals surface area contributed by atoms with Gasteiger partial charge in [-0.15, -0.1) is 0 Å². The van der Waals surface area contributed by atoms with Crippen LogP contribution in [0.4, 0.5) is 17.6 Å². The van der Waals surface area contributed by atoms with Crippen molar-refractivity contribution in [3.63, 3.8) is 0 Å². The Hall–Kier alpha value is -2.02. The number of ether oxygens (including phenoxy) is 1. The highest BCUT2D eigenvalue weighted by Crippen LogP contribution is 2.30. The Morgan fingerprint density at radius 1 is 1.08 bits per heavy atom. The molecule has 0 aliphatic rings. The Kier molecular flexibility index (Phi) is 5.88. The first-order chi connectivity index (χ1) is 11.3. The van der Waals surface area contributed by atoms with E-state index in [9.17, 15) is 22.4 Å². The highest BCUT2D eigenvalue weighted by Gasteiger charge is 2.30. The molecule has 0 N–H and O–H groups in total. The first-order valence-electron chi connectivity index (χ1n) is 6.95. The van der Waals surface area contributed by atoms with E-state index in [1.807, 2.05) is 0 Å². The molecule has 0 saturated carbocycles. The fourth-order valence-corrected chi connectivity index (χ4v) is 2.66. The van der Waals surface area contributed by atoms with Crippen LogP contribution in [0.25, 0.3) is 0 Å². The molecule has 0 aliphatic carbocycles. The largest absolute Gasteiger partial charge is 0.497 e. The maximum atomic E-state index is 14.0. The summed E-state index contributed by atoms with van der Waals surface area (Å²) in [6, 6.07) is 10.7. The molecule has 2 aromatic rings. The monoisotopic (exact) mass is 358 g/mol. The van der Waals surface area contributed by atoms with E-state index in [2.05, 4.69) is 0 Å². The molecular weight excluding hydrogens is 344 g/mol. The fourth-order valence-electron chi connectivity index (χ4n) is 1.94. The molecule has 0 saturated heterocycles. The number of methoxy groups -OCH3 is 1. The van der Waals surface area contributed by atoms with Gasteiger partial charge in [0.1, 0.15) is 5.75 Å². The zero-order valence-electron chi connectivity index (χ0n) is 12.6. The Morgan fingerprint density at radius 3 is 2.17 bits per heavy atom. The molecule has 0 radical (unpaired) electrons. The molecule has 0 amide bonds. The number of hydrogen-bond acceptors (Lipinski definition) is 3. The highest BCUT2D eigenvalue weighted by molar-refractivity contribution is 8.13. The van der Waals surface area contributed by atoms with E-state index in [1.165, 1.54) is 19.2 Å². The minimum atomic E-state index is -4.44. The standard InChI is InChI=1S/C17H14F4O2S/c1-23-13-6-8-14(9-7-13)24-16(22)15(18)10-11-2-4-12(5-3-11)17(19,20)21/h2-9,15H,10H2,1H3. The summed E-state index contributed by atoms with van der Waals surface area (Å²) in [5.41, 5.74) is -0.472. The summed E-state index contributed by atoms with van der Waals surface area (Å²) < 4.78 is 56.4. The van der Waals surface area contributed by atoms with Gasteiger partial charge in [0.05, 0.1) is 12.7 Å². The van der Waals surface area contributed by atoms with Crippen molar-refractivity contribution in [2.45, 2.75) is 23.7 Å². The number of benzene rings is 2. The van der Waals surface area contributed by atoms with Crippen LogP contribution in [0.1, 0.15) is 11.1 Å². The molecule has 0 aliphatic heterocycles. The predicted molar refractivity (Wildman–Crippen MR) is 83.9 cm³/mol. The van der Waals surface area contributed by atoms with Crippen LogP contribution >= 0.6 is 11.8 Å². The van der Waals surface area contributed by atoms with Crippen LogP contribution in [-0.2, 0) is 17.4 Å². The average molecular weight is 358 g/mol. The lowest BCUT2D eigenvalue weighted by atomic mass is 10.1. The molecular formula is C17H14F4O2S. The molecule has 0 heterocycles. The molecule has 2 rings (SSSR count). The third kappa shape index (κ3) is 4.99. The van der Waals surface area contributed by atoms with E-state index in [4.69, 9.17) is 4.74 Å². The van der Waals surface area contributed by atoms with Gasteiger partial charge < -0.3 is 4.74 Å². The van der Waals surface area contributed by atoms with Crippen molar-refractivity contribution in [1.82, 2.24) is 0 Å². The normalized spacial score (nSPS) is 12.7. The van der Waals surface area contributed by atoms with Gasteiger partial charge in [-0.3, -0.25) is 4.79 Å². The van der Waals surface area contributed by atoms with Gasteiger partial charge in [-0.05, 0) is 53.7 Å². The van der Waals surface area contributed by atoms with Gasteiger partial charge in [0.25, 0.3) is 0 Å². The summed E-state index contributed by atoms with van der Waals surface area (Å²) in [7, 11) is 1.51. The maximum Gasteiger partial charge on any atom is 0.416 e. The van der Waals surface area contributed by atoms with Gasteiger partial charge in [-0.2, -0.15) is 13.2 Å². The second kappa shape index (κ2) is 7.70. The fraction of sp³-hybridized carbons (Fsp3) is 0.235. The van der Waals surface area contributed by atoms with E-state index < -0.39 is 23.0 Å². The van der Waals surface area contributed by atoms with Crippen molar-refractivity contribution in [3.8, 4) is 5.75 Å². The number of rotatable bonds is 5. The summed E-state index contributed by atoms with van der Waals surface area (Å²) in [6.45, 7) is 0. The Bertz CT molecular complexity index is 681. The predicted octanol–water partition coefficient (Wildman–Crippen LogP) is 4.91. The zero-order chi connectivity index (χ0) is 17.7. The van der Waals surface area contributed by atoms with Gasteiger partial charge in [0.2, 0.25) is 5.12 Å². The van der Waals surface area contributed by atoms with Crippen LogP contribution in [-0.4, -0.2) is 18.4 Å². The Morgan fingerprint density at radius 2 is 1.67 bits per heavy atom. The smallest absolute Gasteiger partial charge is 0.416 e. The molecule has 1 unspecified atom stereocenters. The van der Waals surface area contributed by atoms with Crippen LogP contribution in [0.15, 0.2) is 53.4 Å². The summed E-state index contributed by atoms with van der Waals surface area (Å²) in [5.74, 6) is 0.619. The van der Waals surface area contributed by atoms with E-state index in [-0.39, 0.29) is 6.42 Å². The first-order valence-corrected chi connectivity index (χ1v) is 7.77. The third-order valence-corrected chi connectivity index (χ3v) is 4.19. The molecule has 0 bridgehead atoms. The third-order valence-electron chi connectivity index (χ3n) is 3.23. The van der Waals surface area contributed by atoms with E-state index >= 15 is 0 Å². The highest BCUT2D eigenvalue weighted by atomic mass is 32.2. The minimum absolute atomic E-state index is 0.264. The number of carbonyl (C=O) groups excluding carboxylic acids is 1. The molecule has 128 valence electrons. The second-order valence-electron chi connectivity index (χ2n) is 4.96. The van der Waals surface area contributed by atoms with E-state index in [1.54, 1.807) is 24.3 Å². The topological polar surface area (TPSA) is 26.3 Å². The molecule has 2 nitrogen and oxygen atoms in total. The molecule has 0 fully saturated rings. The van der Waals surface area contributed by atoms with E-state index in [0.29, 0.717) is 16.2 Å². The second-order valence-corrected chi connectivity index (χ2v) is 6.04. The van der Waals surface area contributed by atoms with Crippen LogP contribution < -0.4 is 4.74 Å². The minimum Gasteiger partial charge on any atom is -0.497 e. The Labute approximate surface area is 140 Å². The van der Waals surface area contributed by atoms with Crippen molar-refractivity contribution >= 4 is 16.9 Å². The van der Waals surface area contributed by atoms with Crippen LogP contribution in [0.2, 0.25) is 0 Å². The summed E-state index contributed by atoms with van der Waals surface area (Å²) in [6.07, 6.45) is -6.50. The quantitative estimate of drug-likeness (QED) is 0.561. The molecule has 24 heavy (non-hydrogen) atoms. The lowest BCUT2D eigenvalue weighted by Gasteiger charge is -2.10. The van der Waals surface area contributed by atoms with Crippen molar-refractivity contribution < 1.29 is 27.1 Å². The molecule has 0 aromatic heterocycles. The van der Waals surface area contributed by atoms with Gasteiger partial charge in [0.15, 0.2) is 6.17 Å². The van der Waals surface area contributed by atoms with Gasteiger partial charge >= 0.3 is 6.18 Å². The molecule has 7 heteroatoms. The van der Waals surface area contributed by atoms with Crippen molar-refractivity contribution in [1.29, 1.82) is 0 Å². The number of hydrogen-bond donors (Lipinski definition) is 0. The van der Waals surface area contributed by atoms with Crippen molar-refractivity contribution in [2.24, 2.45) is 0 Å². The first kappa shape index (κ1) is 18.3. The van der Waals surface area contributed by atoms with Crippen LogP contribution in [0, 0.1) is 0 Å². The van der Waals surface area contributed by atoms with Crippen LogP contribution in [0.3, 0.4) is 0 Å². The number of halogens is 4. The number of carbonyl (C=O) groups is 1. The van der Waals surface area contributed by atoms with Gasteiger partial charge in [-0.1, -0.05) is 12.1 Å². The lowest BCUT2D eigenvalue weighted by Crippen LogP contribution is -2.15. The van der Waals surface area contributed by atoms with Gasteiger partial charge in [0, 0.05) is 11.3 Å². The summed E-state index contributed by atoms with van der Waals surface area (Å²) in [4.78, 5) is 12.4. The summed E-state index contributed by atoms with van der Waals surface area (Å²) in [5, 5.41) is -0.694. The SMILES string of the molecule is COc1ccc(SC(=O)C(F)Cc2ccc(C(F)(F)F)cc2)cc1. The van der Waals surface area contributed by atoms with Crippen molar-refractivity contribution in [2.75, 3.05) is 7.11 Å². The average Bonchev–Trinajstić information content (AvgIpc) is 2.55. The summed E-state index contributed by atoms with van der Waals surface area (Å²) >= 11 is 0.748. The van der Waals surface area contributed by atoms with E-state index in [0.717, 1.165) is 23.9 Å². The Balaban J connectivity index is 1.95.